The number of hydrogen-bond acceptors (Lipinski definition) is 2. The molecule has 0 aromatic heterocycles. The lowest BCUT2D eigenvalue weighted by Gasteiger charge is -2.09. The molecule has 0 radical (unpaired) electrons. The van der Waals surface area contributed by atoms with Gasteiger partial charge in [0.1, 0.15) is 11.6 Å². The number of anilines is 1. The fraction of sp³-hybridized carbons (Fsp3) is 0.133. The van der Waals surface area contributed by atoms with Crippen LogP contribution < -0.4 is 10.1 Å². The number of nitrogens with one attached hydrogen (secondary N) is 1. The standard InChI is InChI=1S/C15H13ClFNO2/c1-10-8-11(6-7-13(10)17)20-9-15(19)18-14-5-3-2-4-12(14)16/h2-8H,9H2,1H3,(H,18,19). The third-order valence-electron chi connectivity index (χ3n) is 2.65. The van der Waals surface area contributed by atoms with Gasteiger partial charge in [-0.05, 0) is 42.8 Å². The molecule has 0 bridgehead atoms. The van der Waals surface area contributed by atoms with Crippen molar-refractivity contribution in [3.05, 3.63) is 58.9 Å². The molecule has 104 valence electrons. The summed E-state index contributed by atoms with van der Waals surface area (Å²) >= 11 is 5.93. The van der Waals surface area contributed by atoms with Gasteiger partial charge in [0.05, 0.1) is 10.7 Å². The van der Waals surface area contributed by atoms with Crippen LogP contribution in [0.1, 0.15) is 5.56 Å². The molecule has 1 amide bonds. The van der Waals surface area contributed by atoms with Crippen molar-refractivity contribution in [3.8, 4) is 5.75 Å². The number of halogens is 2. The van der Waals surface area contributed by atoms with Crippen molar-refractivity contribution in [1.29, 1.82) is 0 Å². The Hall–Kier alpha value is -2.07. The van der Waals surface area contributed by atoms with Crippen molar-refractivity contribution in [3.63, 3.8) is 0 Å². The van der Waals surface area contributed by atoms with Crippen LogP contribution >= 0.6 is 11.6 Å². The number of aryl methyl sites for hydroxylation is 1. The Morgan fingerprint density at radius 2 is 2.05 bits per heavy atom. The largest absolute Gasteiger partial charge is 0.484 e. The second-order valence-electron chi connectivity index (χ2n) is 4.23. The van der Waals surface area contributed by atoms with E-state index in [2.05, 4.69) is 5.32 Å². The minimum atomic E-state index is -0.333. The molecule has 2 aromatic carbocycles. The summed E-state index contributed by atoms with van der Waals surface area (Å²) in [6.07, 6.45) is 0. The van der Waals surface area contributed by atoms with Gasteiger partial charge in [0.15, 0.2) is 6.61 Å². The first-order valence-corrected chi connectivity index (χ1v) is 6.37. The minimum Gasteiger partial charge on any atom is -0.484 e. The lowest BCUT2D eigenvalue weighted by Crippen LogP contribution is -2.20. The van der Waals surface area contributed by atoms with Gasteiger partial charge in [-0.1, -0.05) is 23.7 Å². The van der Waals surface area contributed by atoms with Gasteiger partial charge in [0.2, 0.25) is 0 Å². The monoisotopic (exact) mass is 293 g/mol. The molecule has 0 saturated carbocycles. The third-order valence-corrected chi connectivity index (χ3v) is 2.98. The van der Waals surface area contributed by atoms with Gasteiger partial charge in [-0.15, -0.1) is 0 Å². The molecule has 0 aliphatic rings. The van der Waals surface area contributed by atoms with E-state index in [1.165, 1.54) is 18.2 Å². The highest BCUT2D eigenvalue weighted by Crippen LogP contribution is 2.20. The zero-order valence-corrected chi connectivity index (χ0v) is 11.6. The number of ether oxygens (including phenoxy) is 1. The van der Waals surface area contributed by atoms with E-state index in [1.807, 2.05) is 0 Å². The SMILES string of the molecule is Cc1cc(OCC(=O)Nc2ccccc2Cl)ccc1F. The molecule has 0 aliphatic heterocycles. The minimum absolute atomic E-state index is 0.170. The van der Waals surface area contributed by atoms with Crippen LogP contribution in [-0.2, 0) is 4.79 Å². The van der Waals surface area contributed by atoms with Crippen LogP contribution in [0.25, 0.3) is 0 Å². The Kier molecular flexibility index (Phi) is 4.58. The number of carbonyl (C=O) groups excluding carboxylic acids is 1. The summed E-state index contributed by atoms with van der Waals surface area (Å²) in [4.78, 5) is 11.7. The van der Waals surface area contributed by atoms with E-state index in [1.54, 1.807) is 31.2 Å². The predicted molar refractivity (Wildman–Crippen MR) is 76.7 cm³/mol. The quantitative estimate of drug-likeness (QED) is 0.931. The zero-order chi connectivity index (χ0) is 14.5. The van der Waals surface area contributed by atoms with Crippen molar-refractivity contribution in [2.24, 2.45) is 0 Å². The lowest BCUT2D eigenvalue weighted by molar-refractivity contribution is -0.118. The van der Waals surface area contributed by atoms with Crippen molar-refractivity contribution < 1.29 is 13.9 Å². The van der Waals surface area contributed by atoms with Crippen LogP contribution in [0.15, 0.2) is 42.5 Å². The molecule has 0 unspecified atom stereocenters. The van der Waals surface area contributed by atoms with Crippen LogP contribution in [0.2, 0.25) is 5.02 Å². The number of para-hydroxylation sites is 1. The van der Waals surface area contributed by atoms with Gasteiger partial charge < -0.3 is 10.1 Å². The zero-order valence-electron chi connectivity index (χ0n) is 10.8. The summed E-state index contributed by atoms with van der Waals surface area (Å²) in [6, 6.07) is 11.2. The molecule has 0 fully saturated rings. The molecule has 3 nitrogen and oxygen atoms in total. The van der Waals surface area contributed by atoms with Gasteiger partial charge in [-0.2, -0.15) is 0 Å². The van der Waals surface area contributed by atoms with Crippen LogP contribution in [0.3, 0.4) is 0 Å². The normalized spacial score (nSPS) is 10.2. The van der Waals surface area contributed by atoms with E-state index in [-0.39, 0.29) is 18.3 Å². The van der Waals surface area contributed by atoms with Crippen molar-refractivity contribution >= 4 is 23.2 Å². The molecular weight excluding hydrogens is 281 g/mol. The van der Waals surface area contributed by atoms with Gasteiger partial charge >= 0.3 is 0 Å². The van der Waals surface area contributed by atoms with Crippen LogP contribution in [0.5, 0.6) is 5.75 Å². The summed E-state index contributed by atoms with van der Waals surface area (Å²) in [6.45, 7) is 1.46. The lowest BCUT2D eigenvalue weighted by atomic mass is 10.2. The summed E-state index contributed by atoms with van der Waals surface area (Å²) in [5, 5.41) is 3.09. The molecule has 0 aliphatic carbocycles. The number of amides is 1. The molecule has 0 saturated heterocycles. The Balaban J connectivity index is 1.92. The van der Waals surface area contributed by atoms with Crippen LogP contribution in [0.4, 0.5) is 10.1 Å². The first kappa shape index (κ1) is 14.3. The highest BCUT2D eigenvalue weighted by atomic mass is 35.5. The van der Waals surface area contributed by atoms with Crippen LogP contribution in [-0.4, -0.2) is 12.5 Å². The van der Waals surface area contributed by atoms with E-state index in [4.69, 9.17) is 16.3 Å². The van der Waals surface area contributed by atoms with Gasteiger partial charge in [0.25, 0.3) is 5.91 Å². The molecule has 2 rings (SSSR count). The second kappa shape index (κ2) is 6.39. The molecule has 0 heterocycles. The average Bonchev–Trinajstić information content (AvgIpc) is 2.43. The summed E-state index contributed by atoms with van der Waals surface area (Å²) in [7, 11) is 0. The van der Waals surface area contributed by atoms with Crippen LogP contribution in [0, 0.1) is 12.7 Å². The van der Waals surface area contributed by atoms with Crippen molar-refractivity contribution in [2.75, 3.05) is 11.9 Å². The number of carbonyl (C=O) groups is 1. The summed E-state index contributed by atoms with van der Waals surface area (Å²) < 4.78 is 18.4. The topological polar surface area (TPSA) is 38.3 Å². The fourth-order valence-electron chi connectivity index (χ4n) is 1.60. The van der Waals surface area contributed by atoms with E-state index in [0.717, 1.165) is 0 Å². The summed E-state index contributed by atoms with van der Waals surface area (Å²) in [5.41, 5.74) is 0.993. The molecular formula is C15H13ClFNO2. The second-order valence-corrected chi connectivity index (χ2v) is 4.63. The third kappa shape index (κ3) is 3.71. The van der Waals surface area contributed by atoms with E-state index < -0.39 is 0 Å². The maximum absolute atomic E-state index is 13.1. The highest BCUT2D eigenvalue weighted by Gasteiger charge is 2.07. The first-order valence-electron chi connectivity index (χ1n) is 5.99. The average molecular weight is 294 g/mol. The molecule has 1 N–H and O–H groups in total. The molecule has 0 atom stereocenters. The Labute approximate surface area is 121 Å². The molecule has 2 aromatic rings. The number of benzene rings is 2. The predicted octanol–water partition coefficient (Wildman–Crippen LogP) is 3.81. The summed E-state index contributed by atoms with van der Waals surface area (Å²) in [5.74, 6) is -0.198. The Bertz CT molecular complexity index is 631. The number of rotatable bonds is 4. The van der Waals surface area contributed by atoms with E-state index in [0.29, 0.717) is 22.0 Å². The molecule has 20 heavy (non-hydrogen) atoms. The smallest absolute Gasteiger partial charge is 0.262 e. The van der Waals surface area contributed by atoms with E-state index >= 15 is 0 Å². The highest BCUT2D eigenvalue weighted by molar-refractivity contribution is 6.33. The van der Waals surface area contributed by atoms with Crippen molar-refractivity contribution in [2.45, 2.75) is 6.92 Å². The van der Waals surface area contributed by atoms with Gasteiger partial charge in [-0.25, -0.2) is 4.39 Å². The number of hydrogen-bond donors (Lipinski definition) is 1. The fourth-order valence-corrected chi connectivity index (χ4v) is 1.79. The van der Waals surface area contributed by atoms with Gasteiger partial charge in [0, 0.05) is 0 Å². The van der Waals surface area contributed by atoms with Gasteiger partial charge in [-0.3, -0.25) is 4.79 Å². The van der Waals surface area contributed by atoms with Crippen molar-refractivity contribution in [1.82, 2.24) is 0 Å². The Morgan fingerprint density at radius 3 is 2.75 bits per heavy atom. The molecule has 0 spiro atoms. The van der Waals surface area contributed by atoms with E-state index in [9.17, 15) is 9.18 Å². The molecule has 5 heteroatoms. The Morgan fingerprint density at radius 1 is 1.30 bits per heavy atom. The maximum atomic E-state index is 13.1. The maximum Gasteiger partial charge on any atom is 0.262 e. The first-order chi connectivity index (χ1) is 9.56.